The minimum atomic E-state index is -2.61. The third kappa shape index (κ3) is 41.2. The van der Waals surface area contributed by atoms with Gasteiger partial charge in [-0.25, -0.2) is 4.31 Å². The second kappa shape index (κ2) is 48.9. The van der Waals surface area contributed by atoms with Gasteiger partial charge in [0.25, 0.3) is 0 Å². The van der Waals surface area contributed by atoms with Crippen LogP contribution < -0.4 is 0 Å². The topological polar surface area (TPSA) is 171 Å². The van der Waals surface area contributed by atoms with E-state index in [-0.39, 0.29) is 19.8 Å². The van der Waals surface area contributed by atoms with E-state index in [9.17, 15) is 20.4 Å². The van der Waals surface area contributed by atoms with Crippen LogP contribution >= 0.6 is 17.2 Å². The molecule has 0 aromatic heterocycles. The summed E-state index contributed by atoms with van der Waals surface area (Å²) in [5.74, 6) is 0. The van der Waals surface area contributed by atoms with Crippen molar-refractivity contribution in [2.45, 2.75) is 289 Å². The monoisotopic (exact) mass is 899 g/mol. The number of hydrogen-bond acceptors (Lipinski definition) is 9. The standard InChI is InChI=1S/C49H100O4.H4O5P2/c1-3-5-7-9-11-13-15-17-19-21-23-25-27-29-31-33-35-37-39-41-43-49(53,48(45-50,46-51)47-52)44-42-40-38-36-34-32-30-28-26-24-22-20-18-16-14-12-10-8-6-4-2;1-6(2)5-7(3)4/h50-53H,3-47H2,1-2H3;1-4H. The lowest BCUT2D eigenvalue weighted by Gasteiger charge is -2.44. The number of rotatable bonds is 48. The van der Waals surface area contributed by atoms with Crippen LogP contribution in [0.3, 0.4) is 0 Å². The summed E-state index contributed by atoms with van der Waals surface area (Å²) >= 11 is 0. The molecule has 0 aromatic rings. The third-order valence-corrected chi connectivity index (χ3v) is 14.1. The van der Waals surface area contributed by atoms with Gasteiger partial charge in [-0.15, -0.1) is 0 Å². The predicted octanol–water partition coefficient (Wildman–Crippen LogP) is 14.5. The lowest BCUT2D eigenvalue weighted by molar-refractivity contribution is -0.162. The van der Waals surface area contributed by atoms with Crippen molar-refractivity contribution >= 4 is 17.2 Å². The summed E-state index contributed by atoms with van der Waals surface area (Å²) in [6, 6.07) is 0. The second-order valence-electron chi connectivity index (χ2n) is 18.3. The summed E-state index contributed by atoms with van der Waals surface area (Å²) < 4.78 is 3.60. The first-order valence-electron chi connectivity index (χ1n) is 25.8. The maximum absolute atomic E-state index is 11.7. The quantitative estimate of drug-likeness (QED) is 0.0219. The van der Waals surface area contributed by atoms with Gasteiger partial charge in [-0.05, 0) is 12.8 Å². The Balaban J connectivity index is 0. The van der Waals surface area contributed by atoms with E-state index in [4.69, 9.17) is 19.6 Å². The molecule has 0 amide bonds. The number of aliphatic hydroxyl groups is 4. The molecule has 0 saturated heterocycles. The summed E-state index contributed by atoms with van der Waals surface area (Å²) in [7, 11) is -5.22. The van der Waals surface area contributed by atoms with Crippen molar-refractivity contribution in [3.63, 3.8) is 0 Å². The molecule has 0 atom stereocenters. The van der Waals surface area contributed by atoms with Crippen molar-refractivity contribution in [2.24, 2.45) is 5.41 Å². The highest BCUT2D eigenvalue weighted by atomic mass is 31.2. The van der Waals surface area contributed by atoms with E-state index in [1.807, 2.05) is 0 Å². The summed E-state index contributed by atoms with van der Waals surface area (Å²) in [4.78, 5) is 31.3. The average Bonchev–Trinajstić information content (AvgIpc) is 3.22. The highest BCUT2D eigenvalue weighted by Gasteiger charge is 2.48. The van der Waals surface area contributed by atoms with Crippen LogP contribution in [0.5, 0.6) is 0 Å². The fourth-order valence-corrected chi connectivity index (χ4v) is 9.18. The molecule has 0 aliphatic rings. The molecule has 11 heteroatoms. The maximum Gasteiger partial charge on any atom is 0.334 e. The highest BCUT2D eigenvalue weighted by molar-refractivity contribution is 7.53. The zero-order valence-corrected chi connectivity index (χ0v) is 41.5. The summed E-state index contributed by atoms with van der Waals surface area (Å²) in [6.07, 6.45) is 54.8. The molecule has 8 N–H and O–H groups in total. The van der Waals surface area contributed by atoms with E-state index in [2.05, 4.69) is 18.2 Å². The van der Waals surface area contributed by atoms with Crippen LogP contribution in [0.4, 0.5) is 0 Å². The predicted molar refractivity (Wildman–Crippen MR) is 258 cm³/mol. The molecule has 0 aliphatic heterocycles. The van der Waals surface area contributed by atoms with Crippen LogP contribution in [-0.4, -0.2) is 65.4 Å². The van der Waals surface area contributed by atoms with E-state index in [0.29, 0.717) is 12.8 Å². The van der Waals surface area contributed by atoms with E-state index < -0.39 is 28.2 Å². The van der Waals surface area contributed by atoms with Gasteiger partial charge in [0.1, 0.15) is 0 Å². The Kier molecular flexibility index (Phi) is 51.1. The first kappa shape index (κ1) is 62.6. The number of aliphatic hydroxyl groups excluding tert-OH is 3. The minimum Gasteiger partial charge on any atom is -0.395 e. The molecular weight excluding hydrogens is 794 g/mol. The lowest BCUT2D eigenvalue weighted by Crippen LogP contribution is -2.55. The van der Waals surface area contributed by atoms with E-state index in [1.165, 1.54) is 231 Å². The van der Waals surface area contributed by atoms with Gasteiger partial charge in [0.05, 0.1) is 30.8 Å². The first-order valence-corrected chi connectivity index (χ1v) is 28.1. The Labute approximate surface area is 374 Å². The van der Waals surface area contributed by atoms with Crippen molar-refractivity contribution in [1.82, 2.24) is 0 Å². The lowest BCUT2D eigenvalue weighted by atomic mass is 9.68. The zero-order valence-electron chi connectivity index (χ0n) is 39.7. The number of unbranched alkanes of at least 4 members (excludes halogenated alkanes) is 38. The van der Waals surface area contributed by atoms with Crippen LogP contribution in [0, 0.1) is 5.41 Å². The van der Waals surface area contributed by atoms with Gasteiger partial charge < -0.3 is 40.0 Å². The fraction of sp³-hybridized carbons (Fsp3) is 1.00. The van der Waals surface area contributed by atoms with E-state index >= 15 is 0 Å². The van der Waals surface area contributed by atoms with Crippen molar-refractivity contribution < 1.29 is 44.3 Å². The van der Waals surface area contributed by atoms with Gasteiger partial charge in [0.15, 0.2) is 0 Å². The molecular formula is C49H104O9P2. The molecule has 364 valence electrons. The minimum absolute atomic E-state index is 0.380. The zero-order chi connectivity index (χ0) is 44.7. The Morgan fingerprint density at radius 3 is 0.600 bits per heavy atom. The summed E-state index contributed by atoms with van der Waals surface area (Å²) in [5.41, 5.74) is -2.44. The molecule has 0 fully saturated rings. The Morgan fingerprint density at radius 2 is 0.467 bits per heavy atom. The molecule has 0 unspecified atom stereocenters. The fourth-order valence-electron chi connectivity index (χ4n) is 8.66. The van der Waals surface area contributed by atoms with Gasteiger partial charge in [-0.2, -0.15) is 0 Å². The smallest absolute Gasteiger partial charge is 0.334 e. The van der Waals surface area contributed by atoms with Crippen molar-refractivity contribution in [3.05, 3.63) is 0 Å². The highest BCUT2D eigenvalue weighted by Crippen LogP contribution is 2.42. The molecule has 0 aromatic carbocycles. The van der Waals surface area contributed by atoms with Crippen LogP contribution in [0.15, 0.2) is 0 Å². The molecule has 9 nitrogen and oxygen atoms in total. The van der Waals surface area contributed by atoms with Crippen LogP contribution in [-0.2, 0) is 4.31 Å². The largest absolute Gasteiger partial charge is 0.395 e. The molecule has 60 heavy (non-hydrogen) atoms. The Bertz CT molecular complexity index is 746. The second-order valence-corrected chi connectivity index (χ2v) is 20.0. The maximum atomic E-state index is 11.7. The normalized spacial score (nSPS) is 12.2. The summed E-state index contributed by atoms with van der Waals surface area (Å²) in [5, 5.41) is 42.2. The van der Waals surface area contributed by atoms with Crippen LogP contribution in [0.25, 0.3) is 0 Å². The molecule has 0 bridgehead atoms. The molecule has 0 aliphatic carbocycles. The molecule has 0 radical (unpaired) electrons. The van der Waals surface area contributed by atoms with Gasteiger partial charge in [0.2, 0.25) is 0 Å². The van der Waals surface area contributed by atoms with Crippen molar-refractivity contribution in [3.8, 4) is 0 Å². The van der Waals surface area contributed by atoms with Gasteiger partial charge in [-0.1, -0.05) is 271 Å². The van der Waals surface area contributed by atoms with Crippen molar-refractivity contribution in [2.75, 3.05) is 19.8 Å². The molecule has 0 rings (SSSR count). The van der Waals surface area contributed by atoms with E-state index in [1.54, 1.807) is 0 Å². The van der Waals surface area contributed by atoms with E-state index in [0.717, 1.165) is 25.7 Å². The number of hydrogen-bond donors (Lipinski definition) is 8. The van der Waals surface area contributed by atoms with Crippen LogP contribution in [0.2, 0.25) is 0 Å². The summed E-state index contributed by atoms with van der Waals surface area (Å²) in [6.45, 7) is 3.44. The molecule has 0 saturated carbocycles. The molecule has 0 spiro atoms. The Hall–Kier alpha value is 0.500. The Morgan fingerprint density at radius 1 is 0.300 bits per heavy atom. The van der Waals surface area contributed by atoms with Gasteiger partial charge in [-0.3, -0.25) is 0 Å². The van der Waals surface area contributed by atoms with Crippen LogP contribution in [0.1, 0.15) is 284 Å². The SMILES string of the molecule is CCCCCCCCCCCCCCCCCCCCCCC(O)(CCCCCCCCCCCCCCCCCCCCCC)C(CO)(CO)CO.OP(O)OP(O)O. The van der Waals surface area contributed by atoms with Gasteiger partial charge in [0, 0.05) is 0 Å². The van der Waals surface area contributed by atoms with Crippen molar-refractivity contribution in [1.29, 1.82) is 0 Å². The first-order chi connectivity index (χ1) is 29.2. The third-order valence-electron chi connectivity index (χ3n) is 12.9. The average molecular weight is 899 g/mol. The van der Waals surface area contributed by atoms with Gasteiger partial charge >= 0.3 is 17.2 Å². The molecule has 0 heterocycles.